The van der Waals surface area contributed by atoms with Gasteiger partial charge in [0.05, 0.1) is 0 Å². The summed E-state index contributed by atoms with van der Waals surface area (Å²) in [6.07, 6.45) is 0. The Hall–Kier alpha value is -7.22. The van der Waals surface area contributed by atoms with Crippen molar-refractivity contribution in [2.24, 2.45) is 0 Å². The Labute approximate surface area is 337 Å². The third-order valence-corrected chi connectivity index (χ3v) is 12.8. The molecule has 0 aliphatic heterocycles. The molecule has 1 aromatic heterocycles. The maximum absolute atomic E-state index is 6.41. The van der Waals surface area contributed by atoms with Gasteiger partial charge in [0.25, 0.3) is 0 Å². The minimum Gasteiger partial charge on any atom is -0.455 e. The molecular formula is C57H38O. The molecule has 1 heterocycles. The number of rotatable bonds is 4. The van der Waals surface area contributed by atoms with E-state index in [0.717, 1.165) is 33.1 Å². The van der Waals surface area contributed by atoms with E-state index < -0.39 is 0 Å². The van der Waals surface area contributed by atoms with Gasteiger partial charge in [-0.3, -0.25) is 0 Å². The molecule has 1 nitrogen and oxygen atoms in total. The van der Waals surface area contributed by atoms with Crippen LogP contribution in [0.4, 0.5) is 0 Å². The van der Waals surface area contributed by atoms with Gasteiger partial charge in [-0.1, -0.05) is 190 Å². The van der Waals surface area contributed by atoms with Gasteiger partial charge in [-0.15, -0.1) is 0 Å². The second kappa shape index (κ2) is 12.4. The molecular weight excluding hydrogens is 701 g/mol. The lowest BCUT2D eigenvalue weighted by Crippen LogP contribution is -2.16. The third-order valence-electron chi connectivity index (χ3n) is 12.8. The van der Waals surface area contributed by atoms with E-state index in [1.54, 1.807) is 0 Å². The molecule has 0 N–H and O–H groups in total. The molecule has 11 aromatic rings. The number of hydrogen-bond donors (Lipinski definition) is 0. The Morgan fingerprint density at radius 1 is 0.345 bits per heavy atom. The van der Waals surface area contributed by atoms with Crippen molar-refractivity contribution < 1.29 is 4.42 Å². The average Bonchev–Trinajstić information content (AvgIpc) is 3.77. The molecule has 1 aliphatic rings. The molecule has 10 aromatic carbocycles. The maximum atomic E-state index is 6.41. The Bertz CT molecular complexity index is 3390. The summed E-state index contributed by atoms with van der Waals surface area (Å²) in [5, 5.41) is 9.89. The highest BCUT2D eigenvalue weighted by Crippen LogP contribution is 2.53. The van der Waals surface area contributed by atoms with Gasteiger partial charge in [0.2, 0.25) is 0 Å². The van der Waals surface area contributed by atoms with Gasteiger partial charge in [-0.05, 0) is 112 Å². The van der Waals surface area contributed by atoms with Crippen molar-refractivity contribution in [1.29, 1.82) is 0 Å². The van der Waals surface area contributed by atoms with E-state index in [4.69, 9.17) is 4.42 Å². The first-order valence-corrected chi connectivity index (χ1v) is 20.3. The summed E-state index contributed by atoms with van der Waals surface area (Å²) in [6, 6.07) is 71.3. The number of para-hydroxylation sites is 2. The molecule has 0 bridgehead atoms. The van der Waals surface area contributed by atoms with Gasteiger partial charge in [0.1, 0.15) is 11.2 Å². The zero-order valence-corrected chi connectivity index (χ0v) is 32.4. The molecule has 1 heteroatoms. The summed E-state index contributed by atoms with van der Waals surface area (Å²) in [6.45, 7) is 4.78. The summed E-state index contributed by atoms with van der Waals surface area (Å²) in [7, 11) is 0. The summed E-state index contributed by atoms with van der Waals surface area (Å²) in [5.41, 5.74) is 17.0. The van der Waals surface area contributed by atoms with Crippen molar-refractivity contribution in [2.75, 3.05) is 0 Å². The predicted octanol–water partition coefficient (Wildman–Crippen LogP) is 16.0. The number of benzene rings is 10. The van der Waals surface area contributed by atoms with Crippen LogP contribution in [-0.2, 0) is 5.41 Å². The highest BCUT2D eigenvalue weighted by molar-refractivity contribution is 6.21. The molecule has 1 aliphatic carbocycles. The van der Waals surface area contributed by atoms with Gasteiger partial charge in [0.15, 0.2) is 0 Å². The first kappa shape index (κ1) is 33.0. The molecule has 12 rings (SSSR count). The van der Waals surface area contributed by atoms with Crippen molar-refractivity contribution in [3.63, 3.8) is 0 Å². The molecule has 0 amide bonds. The smallest absolute Gasteiger partial charge is 0.143 e. The molecule has 0 radical (unpaired) electrons. The first-order chi connectivity index (χ1) is 28.5. The first-order valence-electron chi connectivity index (χ1n) is 20.3. The van der Waals surface area contributed by atoms with E-state index in [9.17, 15) is 0 Å². The summed E-state index contributed by atoms with van der Waals surface area (Å²) in [4.78, 5) is 0. The zero-order chi connectivity index (χ0) is 38.5. The fraction of sp³-hybridized carbons (Fsp3) is 0.0526. The van der Waals surface area contributed by atoms with Crippen molar-refractivity contribution in [3.8, 4) is 55.6 Å². The van der Waals surface area contributed by atoms with Crippen molar-refractivity contribution in [1.82, 2.24) is 0 Å². The quantitative estimate of drug-likeness (QED) is 0.164. The van der Waals surface area contributed by atoms with Gasteiger partial charge < -0.3 is 4.42 Å². The summed E-state index contributed by atoms with van der Waals surface area (Å²) < 4.78 is 6.41. The molecule has 0 spiro atoms. The van der Waals surface area contributed by atoms with Crippen LogP contribution in [-0.4, -0.2) is 0 Å². The highest BCUT2D eigenvalue weighted by Gasteiger charge is 2.37. The minimum atomic E-state index is -0.120. The Morgan fingerprint density at radius 3 is 1.41 bits per heavy atom. The average molecular weight is 739 g/mol. The standard InChI is InChI=1S/C57H38O/c1-57(2)51-34-40-14-4-3-13-39(40)33-50(51)48-22-11-20-41(55(48)57)35-25-29-37(30-26-35)53-44-16-5-7-18-46(44)54(47-19-8-6-17-45(47)53)38-31-27-36(28-32-38)42-21-12-23-49-43-15-9-10-24-52(43)58-56(42)49/h3-34H,1-2H3. The molecule has 0 unspecified atom stereocenters. The molecule has 0 saturated heterocycles. The Kier molecular flexibility index (Phi) is 7.04. The summed E-state index contributed by atoms with van der Waals surface area (Å²) >= 11 is 0. The topological polar surface area (TPSA) is 13.1 Å². The van der Waals surface area contributed by atoms with E-state index >= 15 is 0 Å². The van der Waals surface area contributed by atoms with Crippen LogP contribution in [0.25, 0.3) is 110 Å². The normalized spacial score (nSPS) is 13.1. The van der Waals surface area contributed by atoms with Crippen LogP contribution in [0.15, 0.2) is 199 Å². The second-order valence-corrected chi connectivity index (χ2v) is 16.4. The van der Waals surface area contributed by atoms with Crippen LogP contribution < -0.4 is 0 Å². The lowest BCUT2D eigenvalue weighted by Gasteiger charge is -2.25. The third kappa shape index (κ3) is 4.77. The zero-order valence-electron chi connectivity index (χ0n) is 32.4. The number of fused-ring (bicyclic) bond motifs is 9. The Balaban J connectivity index is 0.967. The van der Waals surface area contributed by atoms with Gasteiger partial charge in [-0.2, -0.15) is 0 Å². The lowest BCUT2D eigenvalue weighted by molar-refractivity contribution is 0.663. The largest absolute Gasteiger partial charge is 0.455 e. The number of hydrogen-bond acceptors (Lipinski definition) is 1. The highest BCUT2D eigenvalue weighted by atomic mass is 16.3. The second-order valence-electron chi connectivity index (χ2n) is 16.4. The van der Waals surface area contributed by atoms with Gasteiger partial charge in [0, 0.05) is 21.8 Å². The predicted molar refractivity (Wildman–Crippen MR) is 246 cm³/mol. The maximum Gasteiger partial charge on any atom is 0.143 e. The van der Waals surface area contributed by atoms with Crippen LogP contribution in [0.3, 0.4) is 0 Å². The monoisotopic (exact) mass is 738 g/mol. The molecule has 0 fully saturated rings. The molecule has 58 heavy (non-hydrogen) atoms. The van der Waals surface area contributed by atoms with E-state index in [2.05, 4.69) is 196 Å². The van der Waals surface area contributed by atoms with Gasteiger partial charge in [-0.25, -0.2) is 0 Å². The van der Waals surface area contributed by atoms with Crippen LogP contribution in [0, 0.1) is 0 Å². The van der Waals surface area contributed by atoms with Crippen LogP contribution in [0.5, 0.6) is 0 Å². The van der Waals surface area contributed by atoms with Gasteiger partial charge >= 0.3 is 0 Å². The van der Waals surface area contributed by atoms with E-state index in [-0.39, 0.29) is 5.41 Å². The van der Waals surface area contributed by atoms with Crippen molar-refractivity contribution in [2.45, 2.75) is 19.3 Å². The van der Waals surface area contributed by atoms with E-state index in [0.29, 0.717) is 0 Å². The Morgan fingerprint density at radius 2 is 0.793 bits per heavy atom. The van der Waals surface area contributed by atoms with Crippen LogP contribution in [0.2, 0.25) is 0 Å². The van der Waals surface area contributed by atoms with E-state index in [1.165, 1.54) is 88.0 Å². The van der Waals surface area contributed by atoms with E-state index in [1.807, 2.05) is 12.1 Å². The fourth-order valence-electron chi connectivity index (χ4n) is 10.2. The van der Waals surface area contributed by atoms with Crippen molar-refractivity contribution in [3.05, 3.63) is 205 Å². The fourth-order valence-corrected chi connectivity index (χ4v) is 10.2. The van der Waals surface area contributed by atoms with Crippen molar-refractivity contribution >= 4 is 54.3 Å². The molecule has 0 saturated carbocycles. The molecule has 272 valence electrons. The SMILES string of the molecule is CC1(C)c2cc3ccccc3cc2-c2cccc(-c3ccc(-c4c5ccccc5c(-c5ccc(-c6cccc7c6oc6ccccc67)cc5)c5ccccc45)cc3)c21. The van der Waals surface area contributed by atoms with Crippen LogP contribution >= 0.6 is 0 Å². The molecule has 0 atom stereocenters. The minimum absolute atomic E-state index is 0.120. The summed E-state index contributed by atoms with van der Waals surface area (Å²) in [5.74, 6) is 0. The van der Waals surface area contributed by atoms with Crippen LogP contribution in [0.1, 0.15) is 25.0 Å². The number of furan rings is 1. The lowest BCUT2D eigenvalue weighted by atomic mass is 9.78.